The molecule has 0 saturated carbocycles. The zero-order valence-electron chi connectivity index (χ0n) is 14.5. The van der Waals surface area contributed by atoms with Crippen molar-refractivity contribution in [3.05, 3.63) is 57.0 Å². The summed E-state index contributed by atoms with van der Waals surface area (Å²) in [4.78, 5) is 38.2. The summed E-state index contributed by atoms with van der Waals surface area (Å²) in [6, 6.07) is 8.46. The lowest BCUT2D eigenvalue weighted by Crippen LogP contribution is -2.54. The summed E-state index contributed by atoms with van der Waals surface area (Å²) in [5.41, 5.74) is 0.407. The fraction of sp³-hybridized carbons (Fsp3) is 0.105. The molecule has 144 valence electrons. The number of carbonyl (C=O) groups excluding carboxylic acids is 3. The molecule has 1 aliphatic heterocycles. The van der Waals surface area contributed by atoms with Crippen molar-refractivity contribution in [1.82, 2.24) is 5.32 Å². The molecule has 2 N–H and O–H groups in total. The number of urea groups is 1. The summed E-state index contributed by atoms with van der Waals surface area (Å²) in [6.45, 7) is 2.02. The maximum atomic E-state index is 12.8. The van der Waals surface area contributed by atoms with E-state index in [1.54, 1.807) is 31.2 Å². The van der Waals surface area contributed by atoms with Crippen molar-refractivity contribution in [2.45, 2.75) is 6.92 Å². The van der Waals surface area contributed by atoms with E-state index >= 15 is 0 Å². The average molecular weight is 466 g/mol. The second-order valence-corrected chi connectivity index (χ2v) is 7.04. The van der Waals surface area contributed by atoms with E-state index in [4.69, 9.17) is 16.3 Å². The van der Waals surface area contributed by atoms with Gasteiger partial charge in [-0.1, -0.05) is 27.5 Å². The highest BCUT2D eigenvalue weighted by atomic mass is 79.9. The molecule has 1 fully saturated rings. The number of nitrogens with one attached hydrogen (secondary N) is 1. The van der Waals surface area contributed by atoms with Gasteiger partial charge in [-0.2, -0.15) is 0 Å². The number of carbonyl (C=O) groups is 3. The van der Waals surface area contributed by atoms with Gasteiger partial charge in [-0.15, -0.1) is 0 Å². The van der Waals surface area contributed by atoms with E-state index in [0.717, 1.165) is 9.37 Å². The van der Waals surface area contributed by atoms with Crippen molar-refractivity contribution in [2.24, 2.45) is 0 Å². The minimum atomic E-state index is -0.840. The van der Waals surface area contributed by atoms with Gasteiger partial charge in [-0.3, -0.25) is 14.9 Å². The molecule has 0 bridgehead atoms. The molecule has 1 aliphatic rings. The minimum absolute atomic E-state index is 0.00214. The number of imide groups is 2. The third kappa shape index (κ3) is 3.88. The van der Waals surface area contributed by atoms with Crippen molar-refractivity contribution >= 4 is 57.1 Å². The summed E-state index contributed by atoms with van der Waals surface area (Å²) >= 11 is 9.28. The molecule has 2 aromatic carbocycles. The molecule has 3 rings (SSSR count). The Balaban J connectivity index is 2.03. The quantitative estimate of drug-likeness (QED) is 0.528. The van der Waals surface area contributed by atoms with Crippen LogP contribution in [0.5, 0.6) is 11.5 Å². The Bertz CT molecular complexity index is 1000. The first-order valence-electron chi connectivity index (χ1n) is 8.14. The first-order chi connectivity index (χ1) is 13.3. The molecular formula is C19H14BrClN2O5. The third-order valence-electron chi connectivity index (χ3n) is 3.85. The zero-order chi connectivity index (χ0) is 20.4. The molecule has 0 atom stereocenters. The maximum absolute atomic E-state index is 12.8. The van der Waals surface area contributed by atoms with Crippen molar-refractivity contribution in [3.63, 3.8) is 0 Å². The highest BCUT2D eigenvalue weighted by Gasteiger charge is 2.36. The number of aromatic hydroxyl groups is 1. The van der Waals surface area contributed by atoms with Gasteiger partial charge in [0.1, 0.15) is 5.57 Å². The number of halogens is 2. The third-order valence-corrected chi connectivity index (χ3v) is 4.66. The Hall–Kier alpha value is -2.84. The molecule has 2 aromatic rings. The summed E-state index contributed by atoms with van der Waals surface area (Å²) in [5.74, 6) is -1.73. The lowest BCUT2D eigenvalue weighted by molar-refractivity contribution is -0.122. The van der Waals surface area contributed by atoms with Crippen molar-refractivity contribution in [2.75, 3.05) is 11.5 Å². The number of hydrogen-bond acceptors (Lipinski definition) is 5. The van der Waals surface area contributed by atoms with Crippen LogP contribution in [-0.4, -0.2) is 29.6 Å². The summed E-state index contributed by atoms with van der Waals surface area (Å²) in [6.07, 6.45) is 1.28. The van der Waals surface area contributed by atoms with Crippen LogP contribution < -0.4 is 15.0 Å². The van der Waals surface area contributed by atoms with Gasteiger partial charge in [0.15, 0.2) is 11.5 Å². The van der Waals surface area contributed by atoms with Gasteiger partial charge in [0.2, 0.25) is 0 Å². The molecule has 0 radical (unpaired) electrons. The van der Waals surface area contributed by atoms with E-state index in [9.17, 15) is 19.5 Å². The molecule has 9 heteroatoms. The van der Waals surface area contributed by atoms with Gasteiger partial charge >= 0.3 is 6.03 Å². The fourth-order valence-corrected chi connectivity index (χ4v) is 3.07. The average Bonchev–Trinajstić information content (AvgIpc) is 2.64. The molecule has 1 heterocycles. The van der Waals surface area contributed by atoms with Crippen LogP contribution in [0.15, 0.2) is 46.4 Å². The second kappa shape index (κ2) is 8.04. The van der Waals surface area contributed by atoms with Gasteiger partial charge in [-0.25, -0.2) is 9.69 Å². The van der Waals surface area contributed by atoms with Gasteiger partial charge in [-0.05, 0) is 55.0 Å². The smallest absolute Gasteiger partial charge is 0.335 e. The van der Waals surface area contributed by atoms with Crippen LogP contribution in [0.1, 0.15) is 12.5 Å². The lowest BCUT2D eigenvalue weighted by Gasteiger charge is -2.26. The summed E-state index contributed by atoms with van der Waals surface area (Å²) < 4.78 is 6.07. The van der Waals surface area contributed by atoms with E-state index in [1.165, 1.54) is 18.2 Å². The molecule has 4 amide bonds. The minimum Gasteiger partial charge on any atom is -0.503 e. The van der Waals surface area contributed by atoms with Crippen LogP contribution in [0.4, 0.5) is 10.5 Å². The molecule has 0 spiro atoms. The first kappa shape index (κ1) is 19.9. The van der Waals surface area contributed by atoms with Gasteiger partial charge in [0, 0.05) is 4.47 Å². The summed E-state index contributed by atoms with van der Waals surface area (Å²) in [7, 11) is 0. The van der Waals surface area contributed by atoms with Crippen LogP contribution in [0, 0.1) is 0 Å². The zero-order valence-corrected chi connectivity index (χ0v) is 16.9. The highest BCUT2D eigenvalue weighted by molar-refractivity contribution is 9.10. The number of rotatable bonds is 4. The van der Waals surface area contributed by atoms with Crippen LogP contribution >= 0.6 is 27.5 Å². The predicted octanol–water partition coefficient (Wildman–Crippen LogP) is 3.87. The number of hydrogen-bond donors (Lipinski definition) is 2. The topological polar surface area (TPSA) is 95.9 Å². The fourth-order valence-electron chi connectivity index (χ4n) is 2.59. The molecule has 1 saturated heterocycles. The number of anilines is 1. The Labute approximate surface area is 173 Å². The number of nitrogens with zero attached hydrogens (tertiary/aromatic N) is 1. The van der Waals surface area contributed by atoms with E-state index in [1.807, 2.05) is 0 Å². The van der Waals surface area contributed by atoms with Crippen molar-refractivity contribution in [1.29, 1.82) is 0 Å². The number of phenolic OH excluding ortho intramolecular Hbond substituents is 1. The van der Waals surface area contributed by atoms with Crippen LogP contribution in [0.2, 0.25) is 5.02 Å². The maximum Gasteiger partial charge on any atom is 0.335 e. The Morgan fingerprint density at radius 2 is 1.89 bits per heavy atom. The van der Waals surface area contributed by atoms with Crippen molar-refractivity contribution in [3.8, 4) is 11.5 Å². The largest absolute Gasteiger partial charge is 0.503 e. The standard InChI is InChI=1S/C19H14BrClN2O5/c1-2-28-15-9-10(8-14(21)16(15)24)7-13-17(25)22-19(27)23(18(13)26)12-5-3-11(20)4-6-12/h3-9,24H,2H2,1H3,(H,22,25,27)/b13-7-. The van der Waals surface area contributed by atoms with E-state index in [-0.39, 0.29) is 28.7 Å². The number of ether oxygens (including phenoxy) is 1. The molecule has 28 heavy (non-hydrogen) atoms. The Kier molecular flexibility index (Phi) is 5.71. The SMILES string of the molecule is CCOc1cc(/C=C2/C(=O)NC(=O)N(c3ccc(Br)cc3)C2=O)cc(Cl)c1O. The van der Waals surface area contributed by atoms with E-state index < -0.39 is 17.8 Å². The Morgan fingerprint density at radius 3 is 2.54 bits per heavy atom. The lowest BCUT2D eigenvalue weighted by atomic mass is 10.1. The highest BCUT2D eigenvalue weighted by Crippen LogP contribution is 2.36. The van der Waals surface area contributed by atoms with Crippen LogP contribution in [-0.2, 0) is 9.59 Å². The molecule has 0 unspecified atom stereocenters. The number of barbiturate groups is 1. The van der Waals surface area contributed by atoms with E-state index in [0.29, 0.717) is 11.3 Å². The van der Waals surface area contributed by atoms with Gasteiger partial charge < -0.3 is 9.84 Å². The first-order valence-corrected chi connectivity index (χ1v) is 9.31. The number of benzene rings is 2. The van der Waals surface area contributed by atoms with E-state index in [2.05, 4.69) is 21.2 Å². The van der Waals surface area contributed by atoms with Gasteiger partial charge in [0.05, 0.1) is 17.3 Å². The number of phenols is 1. The summed E-state index contributed by atoms with van der Waals surface area (Å²) in [5, 5.41) is 12.1. The monoisotopic (exact) mass is 464 g/mol. The molecule has 7 nitrogen and oxygen atoms in total. The second-order valence-electron chi connectivity index (χ2n) is 5.72. The normalized spacial score (nSPS) is 15.8. The number of amides is 4. The van der Waals surface area contributed by atoms with Crippen molar-refractivity contribution < 1.29 is 24.2 Å². The molecule has 0 aliphatic carbocycles. The Morgan fingerprint density at radius 1 is 1.21 bits per heavy atom. The van der Waals surface area contributed by atoms with Gasteiger partial charge in [0.25, 0.3) is 11.8 Å². The van der Waals surface area contributed by atoms with Crippen LogP contribution in [0.3, 0.4) is 0 Å². The van der Waals surface area contributed by atoms with Crippen LogP contribution in [0.25, 0.3) is 6.08 Å². The molecular weight excluding hydrogens is 452 g/mol. The molecule has 0 aromatic heterocycles. The predicted molar refractivity (Wildman–Crippen MR) is 107 cm³/mol.